The maximum Gasteiger partial charge on any atom is 0.172 e. The molecule has 1 fully saturated rings. The lowest BCUT2D eigenvalue weighted by Gasteiger charge is -2.12. The Hall–Kier alpha value is -0.220. The molecule has 2 atom stereocenters. The van der Waals surface area contributed by atoms with Crippen LogP contribution < -0.4 is 0 Å². The molecule has 1 heterocycles. The van der Waals surface area contributed by atoms with Gasteiger partial charge in [0.1, 0.15) is 0 Å². The molecule has 0 radical (unpaired) electrons. The van der Waals surface area contributed by atoms with Crippen LogP contribution in [0.25, 0.3) is 0 Å². The van der Waals surface area contributed by atoms with Gasteiger partial charge in [-0.25, -0.2) is 0 Å². The number of hydrogen-bond acceptors (Lipinski definition) is 3. The Kier molecular flexibility index (Phi) is 4.96. The van der Waals surface area contributed by atoms with Crippen molar-refractivity contribution in [2.75, 3.05) is 12.4 Å². The second kappa shape index (κ2) is 6.29. The molecule has 0 N–H and O–H groups in total. The standard InChI is InChI=1S/C13H14Cl2O2S/c1-8-13(4-5-17-8)18-7-12(16)9-2-3-10(14)11(15)6-9/h2-3,6,8,13H,4-5,7H2,1H3. The molecule has 0 amide bonds. The summed E-state index contributed by atoms with van der Waals surface area (Å²) in [6, 6.07) is 5.00. The molecule has 0 spiro atoms. The van der Waals surface area contributed by atoms with Crippen molar-refractivity contribution in [3.63, 3.8) is 0 Å². The highest BCUT2D eigenvalue weighted by atomic mass is 35.5. The van der Waals surface area contributed by atoms with E-state index in [4.69, 9.17) is 27.9 Å². The lowest BCUT2D eigenvalue weighted by molar-refractivity contribution is 0.102. The van der Waals surface area contributed by atoms with Crippen molar-refractivity contribution in [1.29, 1.82) is 0 Å². The Bertz CT molecular complexity index is 451. The van der Waals surface area contributed by atoms with Crippen LogP contribution >= 0.6 is 35.0 Å². The molecule has 1 aromatic carbocycles. The molecule has 1 aromatic rings. The van der Waals surface area contributed by atoms with Crippen LogP contribution in [0, 0.1) is 0 Å². The summed E-state index contributed by atoms with van der Waals surface area (Å²) < 4.78 is 5.47. The predicted octanol–water partition coefficient (Wildman–Crippen LogP) is 4.09. The highest BCUT2D eigenvalue weighted by molar-refractivity contribution is 8.00. The molecular formula is C13H14Cl2O2S. The first-order valence-electron chi connectivity index (χ1n) is 5.79. The zero-order valence-corrected chi connectivity index (χ0v) is 12.3. The monoisotopic (exact) mass is 304 g/mol. The highest BCUT2D eigenvalue weighted by Gasteiger charge is 2.25. The number of ketones is 1. The van der Waals surface area contributed by atoms with Gasteiger partial charge in [0.2, 0.25) is 0 Å². The van der Waals surface area contributed by atoms with E-state index in [2.05, 4.69) is 0 Å². The number of halogens is 2. The molecule has 0 bridgehead atoms. The summed E-state index contributed by atoms with van der Waals surface area (Å²) in [6.45, 7) is 2.84. The van der Waals surface area contributed by atoms with Gasteiger partial charge in [0.05, 0.1) is 21.9 Å². The normalized spacial score (nSPS) is 23.3. The number of hydrogen-bond donors (Lipinski definition) is 0. The first kappa shape index (κ1) is 14.2. The fourth-order valence-electron chi connectivity index (χ4n) is 1.87. The number of ether oxygens (including phenoxy) is 1. The average Bonchev–Trinajstić information content (AvgIpc) is 2.75. The molecule has 98 valence electrons. The molecule has 0 aromatic heterocycles. The van der Waals surface area contributed by atoms with Crippen LogP contribution in [0.5, 0.6) is 0 Å². The number of benzene rings is 1. The number of rotatable bonds is 4. The van der Waals surface area contributed by atoms with Crippen molar-refractivity contribution < 1.29 is 9.53 Å². The molecular weight excluding hydrogens is 291 g/mol. The number of carbonyl (C=O) groups excluding carboxylic acids is 1. The van der Waals surface area contributed by atoms with E-state index in [9.17, 15) is 4.79 Å². The minimum absolute atomic E-state index is 0.0812. The lowest BCUT2D eigenvalue weighted by Crippen LogP contribution is -2.16. The van der Waals surface area contributed by atoms with E-state index in [-0.39, 0.29) is 11.9 Å². The van der Waals surface area contributed by atoms with Gasteiger partial charge in [0.15, 0.2) is 5.78 Å². The summed E-state index contributed by atoms with van der Waals surface area (Å²) in [6.07, 6.45) is 1.25. The molecule has 1 aliphatic heterocycles. The van der Waals surface area contributed by atoms with Gasteiger partial charge in [-0.2, -0.15) is 0 Å². The maximum atomic E-state index is 12.0. The van der Waals surface area contributed by atoms with Crippen LogP contribution in [-0.4, -0.2) is 29.5 Å². The topological polar surface area (TPSA) is 26.3 Å². The van der Waals surface area contributed by atoms with E-state index in [0.717, 1.165) is 13.0 Å². The molecule has 2 rings (SSSR count). The summed E-state index contributed by atoms with van der Waals surface area (Å²) in [7, 11) is 0. The third-order valence-electron chi connectivity index (χ3n) is 2.98. The average molecular weight is 305 g/mol. The summed E-state index contributed by atoms with van der Waals surface area (Å²) in [4.78, 5) is 12.0. The van der Waals surface area contributed by atoms with Gasteiger partial charge in [-0.1, -0.05) is 23.2 Å². The van der Waals surface area contributed by atoms with Gasteiger partial charge in [-0.15, -0.1) is 11.8 Å². The second-order valence-electron chi connectivity index (χ2n) is 4.27. The number of carbonyl (C=O) groups is 1. The van der Waals surface area contributed by atoms with Gasteiger partial charge in [-0.3, -0.25) is 4.79 Å². The summed E-state index contributed by atoms with van der Waals surface area (Å²) in [5.41, 5.74) is 0.614. The minimum Gasteiger partial charge on any atom is -0.377 e. The number of Topliss-reactive ketones (excluding diaryl/α,β-unsaturated/α-hetero) is 1. The zero-order chi connectivity index (χ0) is 13.1. The van der Waals surface area contributed by atoms with Crippen molar-refractivity contribution in [2.24, 2.45) is 0 Å². The summed E-state index contributed by atoms with van der Waals surface area (Å²) in [5, 5.41) is 1.31. The van der Waals surface area contributed by atoms with Crippen LogP contribution in [0.15, 0.2) is 18.2 Å². The quantitative estimate of drug-likeness (QED) is 0.784. The van der Waals surface area contributed by atoms with Crippen molar-refractivity contribution in [3.8, 4) is 0 Å². The molecule has 0 saturated carbocycles. The Morgan fingerprint density at radius 2 is 2.22 bits per heavy atom. The third kappa shape index (κ3) is 3.41. The lowest BCUT2D eigenvalue weighted by atomic mass is 10.1. The van der Waals surface area contributed by atoms with Gasteiger partial charge < -0.3 is 4.74 Å². The molecule has 2 unspecified atom stereocenters. The number of thioether (sulfide) groups is 1. The zero-order valence-electron chi connectivity index (χ0n) is 9.99. The van der Waals surface area contributed by atoms with E-state index >= 15 is 0 Å². The Morgan fingerprint density at radius 3 is 2.83 bits per heavy atom. The predicted molar refractivity (Wildman–Crippen MR) is 77.1 cm³/mol. The summed E-state index contributed by atoms with van der Waals surface area (Å²) >= 11 is 13.4. The van der Waals surface area contributed by atoms with E-state index in [0.29, 0.717) is 26.6 Å². The first-order valence-corrected chi connectivity index (χ1v) is 7.60. The fourth-order valence-corrected chi connectivity index (χ4v) is 3.31. The largest absolute Gasteiger partial charge is 0.377 e. The highest BCUT2D eigenvalue weighted by Crippen LogP contribution is 2.28. The molecule has 2 nitrogen and oxygen atoms in total. The van der Waals surface area contributed by atoms with Gasteiger partial charge in [0, 0.05) is 17.4 Å². The van der Waals surface area contributed by atoms with E-state index in [1.807, 2.05) is 6.92 Å². The maximum absolute atomic E-state index is 12.0. The summed E-state index contributed by atoms with van der Waals surface area (Å²) in [5.74, 6) is 0.536. The van der Waals surface area contributed by atoms with Gasteiger partial charge in [0.25, 0.3) is 0 Å². The van der Waals surface area contributed by atoms with Crippen LogP contribution in [0.2, 0.25) is 10.0 Å². The Labute approximate surface area is 121 Å². The van der Waals surface area contributed by atoms with Crippen molar-refractivity contribution in [3.05, 3.63) is 33.8 Å². The van der Waals surface area contributed by atoms with E-state index < -0.39 is 0 Å². The van der Waals surface area contributed by atoms with Crippen LogP contribution in [0.4, 0.5) is 0 Å². The first-order chi connectivity index (χ1) is 8.58. The Balaban J connectivity index is 1.93. The second-order valence-corrected chi connectivity index (χ2v) is 6.31. The molecule has 18 heavy (non-hydrogen) atoms. The molecule has 1 saturated heterocycles. The van der Waals surface area contributed by atoms with Gasteiger partial charge >= 0.3 is 0 Å². The van der Waals surface area contributed by atoms with Crippen molar-refractivity contribution in [2.45, 2.75) is 24.7 Å². The smallest absolute Gasteiger partial charge is 0.172 e. The fraction of sp³-hybridized carbons (Fsp3) is 0.462. The van der Waals surface area contributed by atoms with Gasteiger partial charge in [-0.05, 0) is 31.5 Å². The molecule has 1 aliphatic rings. The van der Waals surface area contributed by atoms with E-state index in [1.165, 1.54) is 0 Å². The SMILES string of the molecule is CC1OCCC1SCC(=O)c1ccc(Cl)c(Cl)c1. The third-order valence-corrected chi connectivity index (χ3v) is 5.19. The van der Waals surface area contributed by atoms with Crippen LogP contribution in [0.3, 0.4) is 0 Å². The van der Waals surface area contributed by atoms with E-state index in [1.54, 1.807) is 30.0 Å². The minimum atomic E-state index is 0.0812. The van der Waals surface area contributed by atoms with Crippen LogP contribution in [-0.2, 0) is 4.74 Å². The molecule has 5 heteroatoms. The van der Waals surface area contributed by atoms with Crippen molar-refractivity contribution >= 4 is 40.7 Å². The molecule has 0 aliphatic carbocycles. The van der Waals surface area contributed by atoms with Crippen LogP contribution in [0.1, 0.15) is 23.7 Å². The Morgan fingerprint density at radius 1 is 1.44 bits per heavy atom. The van der Waals surface area contributed by atoms with Crippen molar-refractivity contribution in [1.82, 2.24) is 0 Å².